The first-order chi connectivity index (χ1) is 9.84. The summed E-state index contributed by atoms with van der Waals surface area (Å²) in [5, 5.41) is 0. The molecule has 3 heteroatoms. The van der Waals surface area contributed by atoms with Crippen molar-refractivity contribution in [3.63, 3.8) is 0 Å². The number of hydrogen-bond donors (Lipinski definition) is 1. The van der Waals surface area contributed by atoms with E-state index in [-0.39, 0.29) is 0 Å². The van der Waals surface area contributed by atoms with E-state index in [1.165, 1.54) is 40.8 Å². The van der Waals surface area contributed by atoms with Gasteiger partial charge in [0.1, 0.15) is 5.82 Å². The van der Waals surface area contributed by atoms with Gasteiger partial charge in [0.2, 0.25) is 0 Å². The number of aromatic nitrogens is 1. The van der Waals surface area contributed by atoms with Crippen LogP contribution in [0.5, 0.6) is 0 Å². The van der Waals surface area contributed by atoms with Crippen molar-refractivity contribution in [1.82, 2.24) is 4.98 Å². The van der Waals surface area contributed by atoms with Crippen molar-refractivity contribution in [3.8, 4) is 0 Å². The van der Waals surface area contributed by atoms with Gasteiger partial charge in [-0.3, -0.25) is 0 Å². The summed E-state index contributed by atoms with van der Waals surface area (Å²) in [5.74, 6) is 1.91. The second-order valence-electron chi connectivity index (χ2n) is 5.24. The summed E-state index contributed by atoms with van der Waals surface area (Å²) < 4.78 is 0. The van der Waals surface area contributed by atoms with Gasteiger partial charge in [-0.25, -0.2) is 4.98 Å². The molecule has 0 amide bonds. The van der Waals surface area contributed by atoms with Gasteiger partial charge in [-0.1, -0.05) is 18.2 Å². The highest BCUT2D eigenvalue weighted by molar-refractivity contribution is 7.99. The third-order valence-electron chi connectivity index (χ3n) is 3.88. The van der Waals surface area contributed by atoms with E-state index in [0.29, 0.717) is 0 Å². The molecule has 1 aromatic heterocycles. The van der Waals surface area contributed by atoms with Crippen LogP contribution in [0.1, 0.15) is 29.5 Å². The summed E-state index contributed by atoms with van der Waals surface area (Å²) in [5.41, 5.74) is 10.2. The van der Waals surface area contributed by atoms with Crippen LogP contribution in [-0.2, 0) is 19.3 Å². The van der Waals surface area contributed by atoms with Gasteiger partial charge in [0.05, 0.1) is 0 Å². The number of pyridine rings is 1. The first-order valence-electron chi connectivity index (χ1n) is 7.27. The van der Waals surface area contributed by atoms with E-state index in [0.717, 1.165) is 24.4 Å². The minimum Gasteiger partial charge on any atom is -0.383 e. The Morgan fingerprint density at radius 2 is 1.90 bits per heavy atom. The molecule has 1 aliphatic carbocycles. The van der Waals surface area contributed by atoms with E-state index >= 15 is 0 Å². The quantitative estimate of drug-likeness (QED) is 0.669. The van der Waals surface area contributed by atoms with Crippen LogP contribution in [0.4, 0.5) is 5.82 Å². The highest BCUT2D eigenvalue weighted by Gasteiger charge is 2.17. The van der Waals surface area contributed by atoms with Crippen LogP contribution in [0.3, 0.4) is 0 Å². The van der Waals surface area contributed by atoms with Crippen LogP contribution < -0.4 is 5.73 Å². The Morgan fingerprint density at radius 1 is 1.10 bits per heavy atom. The molecule has 0 unspecified atom stereocenters. The number of nitrogen functional groups attached to an aromatic ring is 1. The van der Waals surface area contributed by atoms with Crippen LogP contribution in [0.2, 0.25) is 0 Å². The van der Waals surface area contributed by atoms with E-state index in [1.807, 2.05) is 18.0 Å². The molecule has 3 rings (SSSR count). The first kappa shape index (κ1) is 13.5. The summed E-state index contributed by atoms with van der Waals surface area (Å²) in [6.07, 6.45) is 7.83. The third-order valence-corrected chi connectivity index (χ3v) is 4.97. The minimum absolute atomic E-state index is 0.750. The lowest BCUT2D eigenvalue weighted by molar-refractivity contribution is 0.883. The van der Waals surface area contributed by atoms with E-state index in [4.69, 9.17) is 5.73 Å². The number of benzene rings is 1. The molecule has 0 radical (unpaired) electrons. The molecule has 0 saturated heterocycles. The number of aryl methyl sites for hydroxylation is 1. The molecule has 20 heavy (non-hydrogen) atoms. The molecular weight excluding hydrogens is 264 g/mol. The highest BCUT2D eigenvalue weighted by Crippen LogP contribution is 2.29. The van der Waals surface area contributed by atoms with Gasteiger partial charge in [-0.05, 0) is 66.7 Å². The largest absolute Gasteiger partial charge is 0.383 e. The molecule has 0 aliphatic heterocycles. The molecule has 0 bridgehead atoms. The van der Waals surface area contributed by atoms with Crippen molar-refractivity contribution in [2.75, 3.05) is 11.5 Å². The van der Waals surface area contributed by atoms with Gasteiger partial charge < -0.3 is 5.73 Å². The van der Waals surface area contributed by atoms with Gasteiger partial charge in [0.25, 0.3) is 0 Å². The van der Waals surface area contributed by atoms with Crippen LogP contribution in [0.25, 0.3) is 0 Å². The molecular formula is C17H20N2S. The molecule has 2 nitrogen and oxygen atoms in total. The maximum Gasteiger partial charge on any atom is 0.126 e. The average Bonchev–Trinajstić information content (AvgIpc) is 2.97. The Hall–Kier alpha value is -1.48. The summed E-state index contributed by atoms with van der Waals surface area (Å²) in [6, 6.07) is 10.6. The molecule has 104 valence electrons. The molecule has 1 aromatic carbocycles. The lowest BCUT2D eigenvalue weighted by Gasteiger charge is -2.09. The van der Waals surface area contributed by atoms with Gasteiger partial charge in [-0.15, -0.1) is 11.8 Å². The summed E-state index contributed by atoms with van der Waals surface area (Å²) >= 11 is 1.93. The van der Waals surface area contributed by atoms with Gasteiger partial charge in [0, 0.05) is 11.1 Å². The fourth-order valence-electron chi connectivity index (χ4n) is 2.87. The number of rotatable bonds is 5. The minimum atomic E-state index is 0.750. The van der Waals surface area contributed by atoms with Crippen molar-refractivity contribution in [2.24, 2.45) is 0 Å². The van der Waals surface area contributed by atoms with Crippen molar-refractivity contribution in [2.45, 2.75) is 37.0 Å². The topological polar surface area (TPSA) is 38.9 Å². The van der Waals surface area contributed by atoms with E-state index in [9.17, 15) is 0 Å². The normalized spacial score (nSPS) is 13.4. The summed E-state index contributed by atoms with van der Waals surface area (Å²) in [6.45, 7) is 0. The van der Waals surface area contributed by atoms with Crippen LogP contribution >= 0.6 is 11.8 Å². The van der Waals surface area contributed by atoms with E-state index in [2.05, 4.69) is 35.3 Å². The summed E-state index contributed by atoms with van der Waals surface area (Å²) in [7, 11) is 0. The zero-order chi connectivity index (χ0) is 13.8. The molecule has 1 aliphatic rings. The number of anilines is 1. The van der Waals surface area contributed by atoms with E-state index < -0.39 is 0 Å². The summed E-state index contributed by atoms with van der Waals surface area (Å²) in [4.78, 5) is 5.71. The molecule has 0 spiro atoms. The lowest BCUT2D eigenvalue weighted by Crippen LogP contribution is -2.02. The number of nitrogens with two attached hydrogens (primary N) is 1. The third kappa shape index (κ3) is 2.98. The first-order valence-corrected chi connectivity index (χ1v) is 8.26. The molecule has 2 aromatic rings. The number of thioether (sulfide) groups is 1. The van der Waals surface area contributed by atoms with Crippen molar-refractivity contribution >= 4 is 17.6 Å². The molecule has 1 heterocycles. The number of nitrogens with zero attached hydrogens (tertiary/aromatic N) is 1. The number of fused-ring (bicyclic) bond motifs is 1. The second-order valence-corrected chi connectivity index (χ2v) is 6.41. The SMILES string of the molecule is Nc1ncc(CCCSc2ccccc2)c2c1CCC2. The van der Waals surface area contributed by atoms with E-state index in [1.54, 1.807) is 0 Å². The Balaban J connectivity index is 1.56. The van der Waals surface area contributed by atoms with Crippen LogP contribution in [0.15, 0.2) is 41.4 Å². The van der Waals surface area contributed by atoms with Crippen molar-refractivity contribution in [1.29, 1.82) is 0 Å². The standard InChI is InChI=1S/C17H20N2S/c18-17-16-10-4-9-15(16)13(12-19-17)6-5-11-20-14-7-2-1-3-8-14/h1-3,7-8,12H,4-6,9-11H2,(H2,18,19). The Morgan fingerprint density at radius 3 is 2.75 bits per heavy atom. The predicted octanol–water partition coefficient (Wildman–Crippen LogP) is 3.88. The average molecular weight is 284 g/mol. The zero-order valence-electron chi connectivity index (χ0n) is 11.6. The number of hydrogen-bond acceptors (Lipinski definition) is 3. The Kier molecular flexibility index (Phi) is 4.26. The smallest absolute Gasteiger partial charge is 0.126 e. The highest BCUT2D eigenvalue weighted by atomic mass is 32.2. The Labute approximate surface area is 124 Å². The fraction of sp³-hybridized carbons (Fsp3) is 0.353. The Bertz CT molecular complexity index is 581. The lowest BCUT2D eigenvalue weighted by atomic mass is 10.0. The molecule has 0 saturated carbocycles. The molecule has 0 atom stereocenters. The van der Waals surface area contributed by atoms with Crippen molar-refractivity contribution in [3.05, 3.63) is 53.2 Å². The van der Waals surface area contributed by atoms with Crippen molar-refractivity contribution < 1.29 is 0 Å². The zero-order valence-corrected chi connectivity index (χ0v) is 12.5. The van der Waals surface area contributed by atoms with Gasteiger partial charge >= 0.3 is 0 Å². The second kappa shape index (κ2) is 6.31. The fourth-order valence-corrected chi connectivity index (χ4v) is 3.74. The maximum absolute atomic E-state index is 5.96. The maximum atomic E-state index is 5.96. The van der Waals surface area contributed by atoms with Gasteiger partial charge in [-0.2, -0.15) is 0 Å². The molecule has 2 N–H and O–H groups in total. The van der Waals surface area contributed by atoms with Crippen LogP contribution in [0, 0.1) is 0 Å². The monoisotopic (exact) mass is 284 g/mol. The molecule has 0 fully saturated rings. The predicted molar refractivity (Wildman–Crippen MR) is 86.2 cm³/mol. The van der Waals surface area contributed by atoms with Crippen LogP contribution in [-0.4, -0.2) is 10.7 Å². The van der Waals surface area contributed by atoms with Gasteiger partial charge in [0.15, 0.2) is 0 Å².